The molecule has 122 valence electrons. The highest BCUT2D eigenvalue weighted by molar-refractivity contribution is 5.62. The van der Waals surface area contributed by atoms with E-state index >= 15 is 0 Å². The van der Waals surface area contributed by atoms with Crippen molar-refractivity contribution < 1.29 is 4.92 Å². The van der Waals surface area contributed by atoms with Gasteiger partial charge in [-0.25, -0.2) is 9.67 Å². The quantitative estimate of drug-likeness (QED) is 0.630. The molecule has 1 aliphatic heterocycles. The maximum atomic E-state index is 11.4. The minimum absolute atomic E-state index is 0.140. The van der Waals surface area contributed by atoms with Gasteiger partial charge in [0.1, 0.15) is 11.5 Å². The van der Waals surface area contributed by atoms with Gasteiger partial charge in [0.15, 0.2) is 0 Å². The predicted molar refractivity (Wildman–Crippen MR) is 87.9 cm³/mol. The molecule has 23 heavy (non-hydrogen) atoms. The second-order valence-electron chi connectivity index (χ2n) is 5.52. The lowest BCUT2D eigenvalue weighted by molar-refractivity contribution is -0.384. The van der Waals surface area contributed by atoms with Crippen molar-refractivity contribution in [1.82, 2.24) is 14.8 Å². The van der Waals surface area contributed by atoms with E-state index in [1.165, 1.54) is 0 Å². The Bertz CT molecular complexity index is 691. The Hall–Kier alpha value is -2.64. The molecule has 0 aliphatic carbocycles. The molecule has 8 nitrogen and oxygen atoms in total. The van der Waals surface area contributed by atoms with Gasteiger partial charge in [0.2, 0.25) is 5.82 Å². The normalized spacial score (nSPS) is 15.0. The van der Waals surface area contributed by atoms with E-state index in [0.29, 0.717) is 31.0 Å². The van der Waals surface area contributed by atoms with Crippen molar-refractivity contribution in [2.75, 3.05) is 36.0 Å². The van der Waals surface area contributed by atoms with Gasteiger partial charge >= 0.3 is 5.69 Å². The molecule has 1 fully saturated rings. The monoisotopic (exact) mass is 316 g/mol. The van der Waals surface area contributed by atoms with E-state index < -0.39 is 0 Å². The van der Waals surface area contributed by atoms with Crippen LogP contribution in [0, 0.1) is 10.1 Å². The predicted octanol–water partition coefficient (Wildman–Crippen LogP) is 1.61. The second-order valence-corrected chi connectivity index (χ2v) is 5.52. The molecule has 0 N–H and O–H groups in total. The van der Waals surface area contributed by atoms with Crippen molar-refractivity contribution in [3.8, 4) is 0 Å². The molecular formula is C15H20N6O2. The first-order valence-electron chi connectivity index (χ1n) is 7.73. The van der Waals surface area contributed by atoms with Crippen molar-refractivity contribution in [2.24, 2.45) is 7.05 Å². The number of hydrogen-bond acceptors (Lipinski definition) is 6. The number of hydrogen-bond donors (Lipinski definition) is 0. The summed E-state index contributed by atoms with van der Waals surface area (Å²) in [6.45, 7) is 4.86. The van der Waals surface area contributed by atoms with Crippen LogP contribution in [0.15, 0.2) is 24.4 Å². The smallest absolute Gasteiger partial charge is 0.334 e. The zero-order chi connectivity index (χ0) is 16.4. The maximum absolute atomic E-state index is 11.4. The fraction of sp³-hybridized carbons (Fsp3) is 0.467. The summed E-state index contributed by atoms with van der Waals surface area (Å²) < 4.78 is 1.63. The molecular weight excluding hydrogens is 296 g/mol. The Morgan fingerprint density at radius 1 is 1.22 bits per heavy atom. The third-order valence-corrected chi connectivity index (χ3v) is 4.13. The van der Waals surface area contributed by atoms with Gasteiger partial charge in [-0.1, -0.05) is 13.0 Å². The third-order valence-electron chi connectivity index (χ3n) is 4.13. The van der Waals surface area contributed by atoms with E-state index in [0.717, 1.165) is 18.9 Å². The number of aromatic nitrogens is 3. The third kappa shape index (κ3) is 2.84. The standard InChI is InChI=1S/C15H20N6O2/c1-3-12-14(21(22)23)15(18(2)17-12)20-10-8-19(9-11-20)13-6-4-5-7-16-13/h4-7H,3,8-11H2,1-2H3. The maximum Gasteiger partial charge on any atom is 0.334 e. The summed E-state index contributed by atoms with van der Waals surface area (Å²) in [7, 11) is 1.77. The summed E-state index contributed by atoms with van der Waals surface area (Å²) in [5, 5.41) is 15.8. The minimum atomic E-state index is -0.313. The van der Waals surface area contributed by atoms with Crippen LogP contribution in [0.25, 0.3) is 0 Å². The lowest BCUT2D eigenvalue weighted by Crippen LogP contribution is -2.47. The highest BCUT2D eigenvalue weighted by atomic mass is 16.6. The Balaban J connectivity index is 1.80. The summed E-state index contributed by atoms with van der Waals surface area (Å²) >= 11 is 0. The number of nitro groups is 1. The minimum Gasteiger partial charge on any atom is -0.353 e. The molecule has 1 saturated heterocycles. The summed E-state index contributed by atoms with van der Waals surface area (Å²) in [6, 6.07) is 5.84. The molecule has 3 heterocycles. The van der Waals surface area contributed by atoms with Crippen LogP contribution in [-0.4, -0.2) is 45.9 Å². The van der Waals surface area contributed by atoms with Gasteiger partial charge in [0.25, 0.3) is 0 Å². The Morgan fingerprint density at radius 3 is 2.48 bits per heavy atom. The zero-order valence-corrected chi connectivity index (χ0v) is 13.3. The topological polar surface area (TPSA) is 80.3 Å². The largest absolute Gasteiger partial charge is 0.353 e. The van der Waals surface area contributed by atoms with Gasteiger partial charge in [-0.2, -0.15) is 5.10 Å². The molecule has 0 spiro atoms. The van der Waals surface area contributed by atoms with Crippen LogP contribution in [0.2, 0.25) is 0 Å². The molecule has 3 rings (SSSR count). The number of nitrogens with zero attached hydrogens (tertiary/aromatic N) is 6. The van der Waals surface area contributed by atoms with Crippen LogP contribution in [0.3, 0.4) is 0 Å². The Labute approximate surface area is 134 Å². The summed E-state index contributed by atoms with van der Waals surface area (Å²) in [4.78, 5) is 19.7. The van der Waals surface area contributed by atoms with Crippen molar-refractivity contribution >= 4 is 17.3 Å². The van der Waals surface area contributed by atoms with E-state index in [4.69, 9.17) is 0 Å². The SMILES string of the molecule is CCc1nn(C)c(N2CCN(c3ccccn3)CC2)c1[N+](=O)[O-]. The molecule has 8 heteroatoms. The van der Waals surface area contributed by atoms with Crippen molar-refractivity contribution in [3.05, 3.63) is 40.2 Å². The van der Waals surface area contributed by atoms with Crippen LogP contribution in [0.4, 0.5) is 17.3 Å². The lowest BCUT2D eigenvalue weighted by atomic mass is 10.2. The first kappa shape index (κ1) is 15.3. The van der Waals surface area contributed by atoms with Crippen LogP contribution in [-0.2, 0) is 13.5 Å². The van der Waals surface area contributed by atoms with E-state index in [9.17, 15) is 10.1 Å². The molecule has 2 aromatic heterocycles. The molecule has 0 amide bonds. The zero-order valence-electron chi connectivity index (χ0n) is 13.3. The van der Waals surface area contributed by atoms with Crippen LogP contribution >= 0.6 is 0 Å². The van der Waals surface area contributed by atoms with Gasteiger partial charge in [-0.05, 0) is 18.6 Å². The number of anilines is 2. The molecule has 0 atom stereocenters. The van der Waals surface area contributed by atoms with Gasteiger partial charge in [-0.15, -0.1) is 0 Å². The van der Waals surface area contributed by atoms with E-state index in [-0.39, 0.29) is 10.6 Å². The van der Waals surface area contributed by atoms with Gasteiger partial charge in [0.05, 0.1) is 4.92 Å². The fourth-order valence-electron chi connectivity index (χ4n) is 3.03. The highest BCUT2D eigenvalue weighted by Gasteiger charge is 2.31. The Kier molecular flexibility index (Phi) is 4.14. The van der Waals surface area contributed by atoms with E-state index in [2.05, 4.69) is 15.0 Å². The van der Waals surface area contributed by atoms with Crippen molar-refractivity contribution in [1.29, 1.82) is 0 Å². The molecule has 1 aliphatic rings. The molecule has 0 unspecified atom stereocenters. The molecule has 0 bridgehead atoms. The van der Waals surface area contributed by atoms with Gasteiger partial charge in [0, 0.05) is 39.4 Å². The first-order valence-corrected chi connectivity index (χ1v) is 7.73. The van der Waals surface area contributed by atoms with E-state index in [1.807, 2.05) is 30.0 Å². The van der Waals surface area contributed by atoms with Crippen LogP contribution in [0.5, 0.6) is 0 Å². The molecule has 0 radical (unpaired) electrons. The summed E-state index contributed by atoms with van der Waals surface area (Å²) in [5.41, 5.74) is 0.681. The van der Waals surface area contributed by atoms with Gasteiger partial charge in [-0.3, -0.25) is 10.1 Å². The molecule has 0 saturated carbocycles. The second kappa shape index (κ2) is 6.23. The Morgan fingerprint density at radius 2 is 1.91 bits per heavy atom. The number of pyridine rings is 1. The first-order chi connectivity index (χ1) is 11.1. The summed E-state index contributed by atoms with van der Waals surface area (Å²) in [5.74, 6) is 1.55. The number of rotatable bonds is 4. The highest BCUT2D eigenvalue weighted by Crippen LogP contribution is 2.32. The van der Waals surface area contributed by atoms with Crippen LogP contribution in [0.1, 0.15) is 12.6 Å². The van der Waals surface area contributed by atoms with Crippen LogP contribution < -0.4 is 9.80 Å². The fourth-order valence-corrected chi connectivity index (χ4v) is 3.03. The van der Waals surface area contributed by atoms with E-state index in [1.54, 1.807) is 17.9 Å². The lowest BCUT2D eigenvalue weighted by Gasteiger charge is -2.35. The van der Waals surface area contributed by atoms with Gasteiger partial charge < -0.3 is 9.80 Å². The van der Waals surface area contributed by atoms with Crippen molar-refractivity contribution in [2.45, 2.75) is 13.3 Å². The van der Waals surface area contributed by atoms with Crippen molar-refractivity contribution in [3.63, 3.8) is 0 Å². The summed E-state index contributed by atoms with van der Waals surface area (Å²) in [6.07, 6.45) is 2.33. The molecule has 2 aromatic rings. The molecule has 0 aromatic carbocycles. The average molecular weight is 316 g/mol. The average Bonchev–Trinajstić information content (AvgIpc) is 2.92. The number of piperazine rings is 1. The number of aryl methyl sites for hydroxylation is 2.